The second kappa shape index (κ2) is 9.42. The third-order valence-corrected chi connectivity index (χ3v) is 4.22. The van der Waals surface area contributed by atoms with E-state index in [-0.39, 0.29) is 23.6 Å². The van der Waals surface area contributed by atoms with Gasteiger partial charge in [0.25, 0.3) is 0 Å². The predicted molar refractivity (Wildman–Crippen MR) is 101 cm³/mol. The van der Waals surface area contributed by atoms with Gasteiger partial charge in [0.05, 0.1) is 5.56 Å². The van der Waals surface area contributed by atoms with Gasteiger partial charge in [-0.15, -0.1) is 0 Å². The zero-order valence-corrected chi connectivity index (χ0v) is 15.3. The number of nitrogens with two attached hydrogens (primary N) is 1. The van der Waals surface area contributed by atoms with Crippen molar-refractivity contribution < 1.29 is 5.11 Å². The number of nitrogen functional groups attached to an aromatic ring is 1. The predicted octanol–water partition coefficient (Wildman–Crippen LogP) is 2.98. The molecule has 0 aliphatic carbocycles. The first-order chi connectivity index (χ1) is 12.0. The summed E-state index contributed by atoms with van der Waals surface area (Å²) in [7, 11) is 0. The minimum Gasteiger partial charge on any atom is -0.396 e. The minimum atomic E-state index is 0.0617. The zero-order chi connectivity index (χ0) is 18.2. The SMILES string of the molecule is CCC(CO)CCNc1nc(N)nc(Cl)c1C#Cc1cccnc1Cl. The number of hydrogen-bond donors (Lipinski definition) is 3. The maximum atomic E-state index is 9.27. The molecule has 2 aromatic rings. The van der Waals surface area contributed by atoms with Crippen molar-refractivity contribution >= 4 is 35.0 Å². The minimum absolute atomic E-state index is 0.0617. The lowest BCUT2D eigenvalue weighted by molar-refractivity contribution is 0.217. The average Bonchev–Trinajstić information content (AvgIpc) is 2.59. The number of hydrogen-bond acceptors (Lipinski definition) is 6. The molecule has 25 heavy (non-hydrogen) atoms. The Labute approximate surface area is 156 Å². The van der Waals surface area contributed by atoms with Crippen LogP contribution in [-0.2, 0) is 0 Å². The number of halogens is 2. The second-order valence-electron chi connectivity index (χ2n) is 5.36. The first-order valence-corrected chi connectivity index (χ1v) is 8.61. The highest BCUT2D eigenvalue weighted by molar-refractivity contribution is 6.31. The number of aromatic nitrogens is 3. The van der Waals surface area contributed by atoms with Crippen LogP contribution < -0.4 is 11.1 Å². The molecule has 8 heteroatoms. The molecule has 0 fully saturated rings. The molecule has 2 heterocycles. The Hall–Kier alpha value is -2.07. The third-order valence-electron chi connectivity index (χ3n) is 3.64. The van der Waals surface area contributed by atoms with Crippen molar-refractivity contribution in [2.45, 2.75) is 19.8 Å². The lowest BCUT2D eigenvalue weighted by Gasteiger charge is -2.13. The fourth-order valence-corrected chi connectivity index (χ4v) is 2.51. The lowest BCUT2D eigenvalue weighted by atomic mass is 10.0. The summed E-state index contributed by atoms with van der Waals surface area (Å²) >= 11 is 12.2. The van der Waals surface area contributed by atoms with E-state index in [0.717, 1.165) is 12.8 Å². The highest BCUT2D eigenvalue weighted by Crippen LogP contribution is 2.22. The third kappa shape index (κ3) is 5.46. The summed E-state index contributed by atoms with van der Waals surface area (Å²) in [6.07, 6.45) is 3.28. The van der Waals surface area contributed by atoms with Crippen LogP contribution in [0.1, 0.15) is 30.9 Å². The first-order valence-electron chi connectivity index (χ1n) is 7.85. The molecule has 0 aliphatic rings. The van der Waals surface area contributed by atoms with Crippen LogP contribution in [0.15, 0.2) is 18.3 Å². The van der Waals surface area contributed by atoms with Crippen LogP contribution in [0.3, 0.4) is 0 Å². The molecule has 132 valence electrons. The highest BCUT2D eigenvalue weighted by atomic mass is 35.5. The van der Waals surface area contributed by atoms with Gasteiger partial charge in [0.2, 0.25) is 5.95 Å². The van der Waals surface area contributed by atoms with Gasteiger partial charge in [0.1, 0.15) is 16.5 Å². The molecular weight excluding hydrogens is 361 g/mol. The van der Waals surface area contributed by atoms with Gasteiger partial charge in [-0.25, -0.2) is 4.98 Å². The molecule has 0 spiro atoms. The number of aliphatic hydroxyl groups excluding tert-OH is 1. The fraction of sp³-hybridized carbons (Fsp3) is 0.353. The lowest BCUT2D eigenvalue weighted by Crippen LogP contribution is -2.14. The monoisotopic (exact) mass is 379 g/mol. The number of pyridine rings is 1. The molecule has 0 amide bonds. The molecule has 1 atom stereocenters. The van der Waals surface area contributed by atoms with Crippen LogP contribution in [0.5, 0.6) is 0 Å². The molecule has 2 rings (SSSR count). The number of rotatable bonds is 6. The molecule has 0 bridgehead atoms. The van der Waals surface area contributed by atoms with E-state index in [2.05, 4.69) is 32.1 Å². The van der Waals surface area contributed by atoms with E-state index in [1.165, 1.54) is 0 Å². The second-order valence-corrected chi connectivity index (χ2v) is 6.08. The van der Waals surface area contributed by atoms with Crippen molar-refractivity contribution in [3.8, 4) is 11.8 Å². The van der Waals surface area contributed by atoms with Crippen LogP contribution in [0.25, 0.3) is 0 Å². The topological polar surface area (TPSA) is 97.0 Å². The van der Waals surface area contributed by atoms with Crippen molar-refractivity contribution in [3.63, 3.8) is 0 Å². The maximum absolute atomic E-state index is 9.27. The Bertz CT molecular complexity index is 784. The molecule has 0 radical (unpaired) electrons. The fourth-order valence-electron chi connectivity index (χ4n) is 2.12. The van der Waals surface area contributed by atoms with E-state index in [4.69, 9.17) is 28.9 Å². The van der Waals surface area contributed by atoms with E-state index in [1.54, 1.807) is 18.3 Å². The van der Waals surface area contributed by atoms with Crippen LogP contribution in [0.4, 0.5) is 11.8 Å². The standard InChI is InChI=1S/C17H19Cl2N5O/c1-2-11(10-25)7-9-22-16-13(15(19)23-17(20)24-16)6-5-12-4-3-8-21-14(12)18/h3-4,8,11,25H,2,7,9-10H2,1H3,(H3,20,22,23,24). The van der Waals surface area contributed by atoms with E-state index >= 15 is 0 Å². The Kier molecular flexibility index (Phi) is 7.26. The molecule has 2 aromatic heterocycles. The van der Waals surface area contributed by atoms with Crippen LogP contribution in [-0.4, -0.2) is 33.2 Å². The number of aliphatic hydroxyl groups is 1. The summed E-state index contributed by atoms with van der Waals surface area (Å²) in [5.74, 6) is 6.60. The molecule has 0 saturated carbocycles. The molecular formula is C17H19Cl2N5O. The van der Waals surface area contributed by atoms with E-state index in [1.807, 2.05) is 6.92 Å². The summed E-state index contributed by atoms with van der Waals surface area (Å²) in [5, 5.41) is 12.9. The number of nitrogens with zero attached hydrogens (tertiary/aromatic N) is 3. The van der Waals surface area contributed by atoms with Crippen molar-refractivity contribution in [3.05, 3.63) is 39.8 Å². The van der Waals surface area contributed by atoms with E-state index in [9.17, 15) is 5.11 Å². The largest absolute Gasteiger partial charge is 0.396 e. The molecule has 1 unspecified atom stereocenters. The Morgan fingerprint density at radius 3 is 2.76 bits per heavy atom. The van der Waals surface area contributed by atoms with Crippen LogP contribution >= 0.6 is 23.2 Å². The van der Waals surface area contributed by atoms with Gasteiger partial charge in [0, 0.05) is 19.3 Å². The zero-order valence-electron chi connectivity index (χ0n) is 13.8. The molecule has 0 aliphatic heterocycles. The molecule has 0 aromatic carbocycles. The van der Waals surface area contributed by atoms with Gasteiger partial charge in [-0.2, -0.15) is 9.97 Å². The van der Waals surface area contributed by atoms with Gasteiger partial charge in [-0.3, -0.25) is 0 Å². The van der Waals surface area contributed by atoms with E-state index in [0.29, 0.717) is 28.6 Å². The van der Waals surface area contributed by atoms with Crippen molar-refractivity contribution in [2.24, 2.45) is 5.92 Å². The van der Waals surface area contributed by atoms with Crippen LogP contribution in [0.2, 0.25) is 10.3 Å². The first kappa shape index (κ1) is 19.3. The molecule has 0 saturated heterocycles. The van der Waals surface area contributed by atoms with Crippen molar-refractivity contribution in [1.82, 2.24) is 15.0 Å². The highest BCUT2D eigenvalue weighted by Gasteiger charge is 2.11. The van der Waals surface area contributed by atoms with Crippen LogP contribution in [0, 0.1) is 17.8 Å². The summed E-state index contributed by atoms with van der Waals surface area (Å²) in [5.41, 5.74) is 6.69. The maximum Gasteiger partial charge on any atom is 0.223 e. The summed E-state index contributed by atoms with van der Waals surface area (Å²) in [4.78, 5) is 12.1. The van der Waals surface area contributed by atoms with Gasteiger partial charge in [0.15, 0.2) is 5.15 Å². The number of anilines is 2. The van der Waals surface area contributed by atoms with Crippen molar-refractivity contribution in [2.75, 3.05) is 24.2 Å². The Morgan fingerprint density at radius 2 is 2.08 bits per heavy atom. The van der Waals surface area contributed by atoms with Gasteiger partial charge >= 0.3 is 0 Å². The molecule has 4 N–H and O–H groups in total. The van der Waals surface area contributed by atoms with Gasteiger partial charge < -0.3 is 16.2 Å². The average molecular weight is 380 g/mol. The smallest absolute Gasteiger partial charge is 0.223 e. The molecule has 6 nitrogen and oxygen atoms in total. The van der Waals surface area contributed by atoms with E-state index < -0.39 is 0 Å². The summed E-state index contributed by atoms with van der Waals surface area (Å²) < 4.78 is 0. The Morgan fingerprint density at radius 1 is 1.28 bits per heavy atom. The quantitative estimate of drug-likeness (QED) is 0.405. The van der Waals surface area contributed by atoms with Gasteiger partial charge in [-0.1, -0.05) is 48.4 Å². The van der Waals surface area contributed by atoms with Gasteiger partial charge in [-0.05, 0) is 24.5 Å². The summed E-state index contributed by atoms with van der Waals surface area (Å²) in [6, 6.07) is 3.50. The van der Waals surface area contributed by atoms with Crippen molar-refractivity contribution in [1.29, 1.82) is 0 Å². The summed E-state index contributed by atoms with van der Waals surface area (Å²) in [6.45, 7) is 2.79. The normalized spacial score (nSPS) is 11.5. The Balaban J connectivity index is 2.24. The number of nitrogens with one attached hydrogen (secondary N) is 1.